The van der Waals surface area contributed by atoms with Gasteiger partial charge < -0.3 is 14.2 Å². The molecule has 1 atom stereocenters. The maximum atomic E-state index is 5.47. The normalized spacial score (nSPS) is 14.1. The zero-order valence-corrected chi connectivity index (χ0v) is 13.7. The first kappa shape index (κ1) is 18.8. The summed E-state index contributed by atoms with van der Waals surface area (Å²) in [5.41, 5.74) is 0. The highest BCUT2D eigenvalue weighted by molar-refractivity contribution is 4.77. The number of hydrogen-bond donors (Lipinski definition) is 0. The van der Waals surface area contributed by atoms with Gasteiger partial charge in [0, 0.05) is 21.3 Å². The lowest BCUT2D eigenvalue weighted by molar-refractivity contribution is -0.376. The van der Waals surface area contributed by atoms with Crippen molar-refractivity contribution in [1.29, 1.82) is 0 Å². The lowest BCUT2D eigenvalue weighted by atomic mass is 10.0. The second kappa shape index (κ2) is 10.6. The van der Waals surface area contributed by atoms with Crippen molar-refractivity contribution in [1.82, 2.24) is 4.90 Å². The third-order valence-electron chi connectivity index (χ3n) is 3.72. The summed E-state index contributed by atoms with van der Waals surface area (Å²) >= 11 is 0. The van der Waals surface area contributed by atoms with E-state index in [4.69, 9.17) is 14.2 Å². The van der Waals surface area contributed by atoms with Crippen LogP contribution in [0.25, 0.3) is 0 Å². The summed E-state index contributed by atoms with van der Waals surface area (Å²) in [6.07, 6.45) is 8.73. The molecular formula is C15H33NO3. The van der Waals surface area contributed by atoms with E-state index in [1.54, 1.807) is 21.3 Å². The quantitative estimate of drug-likeness (QED) is 0.404. The van der Waals surface area contributed by atoms with Gasteiger partial charge >= 0.3 is 0 Å². The maximum absolute atomic E-state index is 5.47. The standard InChI is InChI=1S/C15H33NO3/c1-7-8-9-10-11-12-13-14(16(2)3)15(17-4,18-5)19-6/h14H,7-13H2,1-6H3. The second-order valence-electron chi connectivity index (χ2n) is 5.25. The summed E-state index contributed by atoms with van der Waals surface area (Å²) in [4.78, 5) is 2.11. The Hall–Kier alpha value is -0.160. The van der Waals surface area contributed by atoms with Crippen LogP contribution in [-0.4, -0.2) is 52.3 Å². The van der Waals surface area contributed by atoms with E-state index in [9.17, 15) is 0 Å². The zero-order chi connectivity index (χ0) is 14.7. The fourth-order valence-corrected chi connectivity index (χ4v) is 2.53. The number of unbranched alkanes of at least 4 members (excludes halogenated alkanes) is 5. The molecule has 4 nitrogen and oxygen atoms in total. The molecule has 19 heavy (non-hydrogen) atoms. The predicted octanol–water partition coefficient (Wildman–Crippen LogP) is 3.26. The van der Waals surface area contributed by atoms with Crippen LogP contribution in [0.2, 0.25) is 0 Å². The smallest absolute Gasteiger partial charge is 0.298 e. The van der Waals surface area contributed by atoms with Crippen molar-refractivity contribution in [2.24, 2.45) is 0 Å². The van der Waals surface area contributed by atoms with E-state index in [1.807, 2.05) is 14.1 Å². The van der Waals surface area contributed by atoms with Crippen molar-refractivity contribution < 1.29 is 14.2 Å². The Morgan fingerprint density at radius 3 is 1.74 bits per heavy atom. The summed E-state index contributed by atoms with van der Waals surface area (Å²) < 4.78 is 16.4. The summed E-state index contributed by atoms with van der Waals surface area (Å²) in [6.45, 7) is 2.24. The molecule has 0 amide bonds. The molecule has 0 fully saturated rings. The van der Waals surface area contributed by atoms with Crippen LogP contribution in [0.4, 0.5) is 0 Å². The number of hydrogen-bond acceptors (Lipinski definition) is 4. The average Bonchev–Trinajstić information content (AvgIpc) is 2.42. The molecule has 1 unspecified atom stereocenters. The Kier molecular flexibility index (Phi) is 10.5. The fraction of sp³-hybridized carbons (Fsp3) is 1.00. The molecular weight excluding hydrogens is 242 g/mol. The minimum Gasteiger partial charge on any atom is -0.330 e. The molecule has 0 N–H and O–H groups in total. The molecule has 0 aromatic rings. The van der Waals surface area contributed by atoms with Crippen molar-refractivity contribution in [3.63, 3.8) is 0 Å². The first-order valence-corrected chi connectivity index (χ1v) is 7.39. The number of rotatable bonds is 12. The molecule has 0 aromatic heterocycles. The predicted molar refractivity (Wildman–Crippen MR) is 79.2 cm³/mol. The van der Waals surface area contributed by atoms with Gasteiger partial charge in [0.25, 0.3) is 5.97 Å². The largest absolute Gasteiger partial charge is 0.330 e. The molecule has 0 heterocycles. The van der Waals surface area contributed by atoms with Crippen LogP contribution >= 0.6 is 0 Å². The first-order chi connectivity index (χ1) is 9.07. The van der Waals surface area contributed by atoms with Crippen LogP contribution in [-0.2, 0) is 14.2 Å². The van der Waals surface area contributed by atoms with Crippen molar-refractivity contribution in [2.45, 2.75) is 63.9 Å². The maximum Gasteiger partial charge on any atom is 0.298 e. The van der Waals surface area contributed by atoms with E-state index in [0.717, 1.165) is 6.42 Å². The van der Waals surface area contributed by atoms with Gasteiger partial charge in [0.15, 0.2) is 0 Å². The van der Waals surface area contributed by atoms with Gasteiger partial charge in [-0.1, -0.05) is 45.4 Å². The molecule has 0 aromatic carbocycles. The van der Waals surface area contributed by atoms with E-state index in [1.165, 1.54) is 38.5 Å². The van der Waals surface area contributed by atoms with E-state index >= 15 is 0 Å². The fourth-order valence-electron chi connectivity index (χ4n) is 2.53. The van der Waals surface area contributed by atoms with Gasteiger partial charge in [0.1, 0.15) is 0 Å². The second-order valence-corrected chi connectivity index (χ2v) is 5.25. The Balaban J connectivity index is 4.25. The molecule has 0 aliphatic heterocycles. The Labute approximate surface area is 119 Å². The van der Waals surface area contributed by atoms with E-state index in [0.29, 0.717) is 0 Å². The molecule has 0 spiro atoms. The van der Waals surface area contributed by atoms with E-state index in [-0.39, 0.29) is 6.04 Å². The van der Waals surface area contributed by atoms with Crippen LogP contribution in [0, 0.1) is 0 Å². The summed E-state index contributed by atoms with van der Waals surface area (Å²) in [5, 5.41) is 0. The van der Waals surface area contributed by atoms with E-state index in [2.05, 4.69) is 11.8 Å². The number of likely N-dealkylation sites (N-methyl/N-ethyl adjacent to an activating group) is 1. The lowest BCUT2D eigenvalue weighted by Gasteiger charge is -2.39. The summed E-state index contributed by atoms with van der Waals surface area (Å²) in [5.74, 6) is -0.965. The molecule has 0 saturated carbocycles. The third kappa shape index (κ3) is 6.21. The van der Waals surface area contributed by atoms with Crippen LogP contribution in [0.5, 0.6) is 0 Å². The Bertz CT molecular complexity index is 197. The minimum absolute atomic E-state index is 0.0960. The minimum atomic E-state index is -0.965. The Morgan fingerprint density at radius 2 is 1.32 bits per heavy atom. The molecule has 0 aliphatic carbocycles. The van der Waals surface area contributed by atoms with Gasteiger partial charge in [-0.15, -0.1) is 0 Å². The highest BCUT2D eigenvalue weighted by Crippen LogP contribution is 2.25. The number of methoxy groups -OCH3 is 3. The van der Waals surface area contributed by atoms with Crippen molar-refractivity contribution in [3.05, 3.63) is 0 Å². The van der Waals surface area contributed by atoms with Gasteiger partial charge in [0.2, 0.25) is 0 Å². The highest BCUT2D eigenvalue weighted by atomic mass is 16.9. The monoisotopic (exact) mass is 275 g/mol. The van der Waals surface area contributed by atoms with Gasteiger partial charge in [-0.25, -0.2) is 0 Å². The van der Waals surface area contributed by atoms with Gasteiger partial charge in [-0.05, 0) is 20.5 Å². The molecule has 0 rings (SSSR count). The summed E-state index contributed by atoms with van der Waals surface area (Å²) in [6, 6.07) is 0.0960. The van der Waals surface area contributed by atoms with Crippen LogP contribution in [0.15, 0.2) is 0 Å². The van der Waals surface area contributed by atoms with Gasteiger partial charge in [-0.2, -0.15) is 0 Å². The van der Waals surface area contributed by atoms with Crippen molar-refractivity contribution in [2.75, 3.05) is 35.4 Å². The SMILES string of the molecule is CCCCCCCCC(N(C)C)C(OC)(OC)OC. The highest BCUT2D eigenvalue weighted by Gasteiger charge is 2.41. The molecule has 0 aliphatic rings. The molecule has 116 valence electrons. The first-order valence-electron chi connectivity index (χ1n) is 7.39. The van der Waals surface area contributed by atoms with Crippen LogP contribution in [0.1, 0.15) is 51.9 Å². The number of nitrogens with zero attached hydrogens (tertiary/aromatic N) is 1. The van der Waals surface area contributed by atoms with Crippen molar-refractivity contribution in [3.8, 4) is 0 Å². The van der Waals surface area contributed by atoms with Crippen molar-refractivity contribution >= 4 is 0 Å². The number of ether oxygens (including phenoxy) is 3. The van der Waals surface area contributed by atoms with Gasteiger partial charge in [-0.3, -0.25) is 4.90 Å². The third-order valence-corrected chi connectivity index (χ3v) is 3.72. The molecule has 4 heteroatoms. The van der Waals surface area contributed by atoms with Crippen LogP contribution < -0.4 is 0 Å². The van der Waals surface area contributed by atoms with Crippen LogP contribution in [0.3, 0.4) is 0 Å². The lowest BCUT2D eigenvalue weighted by Crippen LogP contribution is -2.54. The molecule has 0 radical (unpaired) electrons. The zero-order valence-electron chi connectivity index (χ0n) is 13.7. The average molecular weight is 275 g/mol. The molecule has 0 saturated heterocycles. The van der Waals surface area contributed by atoms with E-state index < -0.39 is 5.97 Å². The summed E-state index contributed by atoms with van der Waals surface area (Å²) in [7, 11) is 8.96. The Morgan fingerprint density at radius 1 is 0.842 bits per heavy atom. The molecule has 0 bridgehead atoms. The van der Waals surface area contributed by atoms with Gasteiger partial charge in [0.05, 0.1) is 6.04 Å². The topological polar surface area (TPSA) is 30.9 Å².